The Labute approximate surface area is 202 Å². The monoisotopic (exact) mass is 471 g/mol. The third-order valence-corrected chi connectivity index (χ3v) is 6.32. The van der Waals surface area contributed by atoms with E-state index in [2.05, 4.69) is 15.3 Å². The summed E-state index contributed by atoms with van der Waals surface area (Å²) in [6.07, 6.45) is 0.0331. The molecule has 0 fully saturated rings. The zero-order chi connectivity index (χ0) is 24.4. The number of aryl methyl sites for hydroxylation is 2. The van der Waals surface area contributed by atoms with Crippen LogP contribution in [-0.2, 0) is 27.1 Å². The average molecular weight is 472 g/mol. The van der Waals surface area contributed by atoms with Gasteiger partial charge in [-0.05, 0) is 47.5 Å². The molecule has 0 bridgehead atoms. The second-order valence-electron chi connectivity index (χ2n) is 8.75. The summed E-state index contributed by atoms with van der Waals surface area (Å²) < 4.78 is 8.98. The molecular formula is C27H29N5O3. The van der Waals surface area contributed by atoms with Gasteiger partial charge in [-0.25, -0.2) is 9.78 Å². The molecule has 2 heterocycles. The number of aromatic nitrogens is 4. The van der Waals surface area contributed by atoms with Crippen molar-refractivity contribution in [2.45, 2.75) is 19.1 Å². The van der Waals surface area contributed by atoms with Crippen molar-refractivity contribution in [1.82, 2.24) is 24.4 Å². The van der Waals surface area contributed by atoms with Crippen LogP contribution in [0.25, 0.3) is 22.1 Å². The lowest BCUT2D eigenvalue weighted by molar-refractivity contribution is 0.108. The van der Waals surface area contributed by atoms with E-state index in [1.54, 1.807) is 23.2 Å². The van der Waals surface area contributed by atoms with Crippen molar-refractivity contribution in [3.05, 3.63) is 94.2 Å². The maximum absolute atomic E-state index is 12.1. The fourth-order valence-electron chi connectivity index (χ4n) is 4.27. The summed E-state index contributed by atoms with van der Waals surface area (Å²) in [5, 5.41) is 14.1. The molecule has 3 N–H and O–H groups in total. The number of fused-ring (bicyclic) bond motifs is 2. The molecule has 35 heavy (non-hydrogen) atoms. The van der Waals surface area contributed by atoms with Gasteiger partial charge in [-0.15, -0.1) is 0 Å². The lowest BCUT2D eigenvalue weighted by Crippen LogP contribution is -2.19. The number of imidazole rings is 2. The van der Waals surface area contributed by atoms with Crippen molar-refractivity contribution in [2.75, 3.05) is 13.2 Å². The van der Waals surface area contributed by atoms with Gasteiger partial charge >= 0.3 is 5.69 Å². The first kappa shape index (κ1) is 22.9. The normalized spacial score (nSPS) is 12.4. The van der Waals surface area contributed by atoms with Crippen molar-refractivity contribution in [3.63, 3.8) is 0 Å². The molecule has 180 valence electrons. The molecule has 0 aliphatic carbocycles. The van der Waals surface area contributed by atoms with Crippen LogP contribution in [-0.4, -0.2) is 37.4 Å². The van der Waals surface area contributed by atoms with E-state index in [9.17, 15) is 9.90 Å². The number of hydrogen-bond donors (Lipinski definition) is 3. The van der Waals surface area contributed by atoms with E-state index < -0.39 is 6.10 Å². The Hall–Kier alpha value is -3.88. The largest absolute Gasteiger partial charge is 0.491 e. The number of nitrogens with one attached hydrogen (secondary N) is 2. The molecule has 5 aromatic rings. The summed E-state index contributed by atoms with van der Waals surface area (Å²) in [4.78, 5) is 20.1. The lowest BCUT2D eigenvalue weighted by Gasteiger charge is -2.13. The van der Waals surface area contributed by atoms with Crippen LogP contribution < -0.4 is 15.7 Å². The highest BCUT2D eigenvalue weighted by atomic mass is 16.5. The first-order valence-electron chi connectivity index (χ1n) is 11.7. The molecule has 1 atom stereocenters. The number of para-hydroxylation sites is 2. The fraction of sp³-hybridized carbons (Fsp3) is 0.259. The molecule has 3 aromatic carbocycles. The number of H-pyrrole nitrogens is 1. The number of aromatic amines is 1. The zero-order valence-electron chi connectivity index (χ0n) is 19.9. The predicted octanol–water partition coefficient (Wildman–Crippen LogP) is 3.20. The minimum absolute atomic E-state index is 0.0907. The van der Waals surface area contributed by atoms with Crippen LogP contribution in [0.1, 0.15) is 23.1 Å². The molecule has 5 rings (SSSR count). The molecular weight excluding hydrogens is 442 g/mol. The first-order valence-corrected chi connectivity index (χ1v) is 11.7. The second kappa shape index (κ2) is 9.77. The Morgan fingerprint density at radius 1 is 1.03 bits per heavy atom. The van der Waals surface area contributed by atoms with E-state index >= 15 is 0 Å². The smallest absolute Gasteiger partial charge is 0.328 e. The summed E-state index contributed by atoms with van der Waals surface area (Å²) in [6, 6.07) is 21.4. The van der Waals surface area contributed by atoms with Gasteiger partial charge in [-0.3, -0.25) is 9.13 Å². The number of benzene rings is 3. The van der Waals surface area contributed by atoms with Gasteiger partial charge in [0.15, 0.2) is 0 Å². The van der Waals surface area contributed by atoms with Crippen LogP contribution in [0.2, 0.25) is 0 Å². The highest BCUT2D eigenvalue weighted by Gasteiger charge is 2.13. The number of hydrogen-bond acceptors (Lipinski definition) is 5. The maximum atomic E-state index is 12.1. The second-order valence-corrected chi connectivity index (χ2v) is 8.75. The lowest BCUT2D eigenvalue weighted by atomic mass is 10.1. The van der Waals surface area contributed by atoms with Gasteiger partial charge in [0.1, 0.15) is 24.3 Å². The maximum Gasteiger partial charge on any atom is 0.328 e. The molecule has 0 radical (unpaired) electrons. The van der Waals surface area contributed by atoms with Crippen molar-refractivity contribution >= 4 is 22.1 Å². The van der Waals surface area contributed by atoms with Gasteiger partial charge in [0.05, 0.1) is 22.1 Å². The minimum Gasteiger partial charge on any atom is -0.491 e. The fourth-order valence-corrected chi connectivity index (χ4v) is 4.27. The van der Waals surface area contributed by atoms with Crippen molar-refractivity contribution < 1.29 is 9.84 Å². The van der Waals surface area contributed by atoms with Crippen LogP contribution in [0.5, 0.6) is 5.75 Å². The van der Waals surface area contributed by atoms with Gasteiger partial charge in [0, 0.05) is 33.6 Å². The Balaban J connectivity index is 1.10. The minimum atomic E-state index is -0.797. The van der Waals surface area contributed by atoms with Crippen LogP contribution >= 0.6 is 0 Å². The summed E-state index contributed by atoms with van der Waals surface area (Å²) in [6.45, 7) is 1.70. The third-order valence-electron chi connectivity index (χ3n) is 6.32. The molecule has 8 nitrogen and oxygen atoms in total. The summed E-state index contributed by atoms with van der Waals surface area (Å²) in [5.74, 6) is 1.68. The van der Waals surface area contributed by atoms with Crippen molar-refractivity contribution in [2.24, 2.45) is 14.1 Å². The summed E-state index contributed by atoms with van der Waals surface area (Å²) >= 11 is 0. The van der Waals surface area contributed by atoms with E-state index in [0.717, 1.165) is 53.0 Å². The van der Waals surface area contributed by atoms with Gasteiger partial charge in [-0.2, -0.15) is 0 Å². The molecule has 0 amide bonds. The van der Waals surface area contributed by atoms with Gasteiger partial charge in [0.25, 0.3) is 0 Å². The standard InChI is InChI=1S/C27H29N5O3/c1-31-23-12-9-19(15-24(23)32(2)27(31)34)25(33)17-35-20-10-7-18(8-11-20)16-28-14-13-26-29-21-5-3-4-6-22(21)30-26/h3-12,15,25,28,33H,13-14,16-17H2,1-2H3,(H,29,30)/t25-/m1/s1. The molecule has 2 aromatic heterocycles. The number of nitrogens with zero attached hydrogens (tertiary/aromatic N) is 3. The van der Waals surface area contributed by atoms with Crippen molar-refractivity contribution in [1.29, 1.82) is 0 Å². The molecule has 0 aliphatic rings. The van der Waals surface area contributed by atoms with Crippen LogP contribution in [0.4, 0.5) is 0 Å². The van der Waals surface area contributed by atoms with E-state index in [1.807, 2.05) is 66.7 Å². The zero-order valence-corrected chi connectivity index (χ0v) is 19.9. The number of aliphatic hydroxyl groups is 1. The summed E-state index contributed by atoms with van der Waals surface area (Å²) in [7, 11) is 3.47. The van der Waals surface area contributed by atoms with Crippen LogP contribution in [0.3, 0.4) is 0 Å². The van der Waals surface area contributed by atoms with Crippen LogP contribution in [0.15, 0.2) is 71.5 Å². The van der Waals surface area contributed by atoms with Crippen molar-refractivity contribution in [3.8, 4) is 5.75 Å². The predicted molar refractivity (Wildman–Crippen MR) is 137 cm³/mol. The molecule has 8 heteroatoms. The molecule has 0 saturated heterocycles. The third kappa shape index (κ3) is 4.84. The van der Waals surface area contributed by atoms with E-state index in [4.69, 9.17) is 4.74 Å². The molecule has 0 saturated carbocycles. The van der Waals surface area contributed by atoms with Gasteiger partial charge in [-0.1, -0.05) is 30.3 Å². The number of aliphatic hydroxyl groups excluding tert-OH is 1. The SMILES string of the molecule is Cn1c(=O)n(C)c2cc([C@H](O)COc3ccc(CNCCc4nc5ccccc5[nH]4)cc3)ccc21. The number of ether oxygens (including phenoxy) is 1. The molecule has 0 unspecified atom stereocenters. The van der Waals surface area contributed by atoms with Gasteiger partial charge < -0.3 is 20.1 Å². The topological polar surface area (TPSA) is 97.1 Å². The Bertz CT molecular complexity index is 1480. The molecule has 0 aliphatic heterocycles. The number of rotatable bonds is 9. The average Bonchev–Trinajstić information content (AvgIpc) is 3.40. The summed E-state index contributed by atoms with van der Waals surface area (Å²) in [5.41, 5.74) is 5.44. The van der Waals surface area contributed by atoms with Crippen LogP contribution in [0, 0.1) is 0 Å². The van der Waals surface area contributed by atoms with E-state index in [0.29, 0.717) is 11.3 Å². The Kier molecular flexibility index (Phi) is 6.39. The first-order chi connectivity index (χ1) is 17.0. The van der Waals surface area contributed by atoms with Gasteiger partial charge in [0.2, 0.25) is 0 Å². The Morgan fingerprint density at radius 3 is 2.60 bits per heavy atom. The molecule has 0 spiro atoms. The quantitative estimate of drug-likeness (QED) is 0.287. The van der Waals surface area contributed by atoms with E-state index in [1.165, 1.54) is 0 Å². The highest BCUT2D eigenvalue weighted by molar-refractivity contribution is 5.77. The van der Waals surface area contributed by atoms with E-state index in [-0.39, 0.29) is 12.3 Å². The Morgan fingerprint density at radius 2 is 1.80 bits per heavy atom. The highest BCUT2D eigenvalue weighted by Crippen LogP contribution is 2.21.